The Balaban J connectivity index is 1.89. The van der Waals surface area contributed by atoms with Crippen molar-refractivity contribution in [2.45, 2.75) is 45.2 Å². The van der Waals surface area contributed by atoms with E-state index in [1.807, 2.05) is 0 Å². The first kappa shape index (κ1) is 16.5. The molecule has 5 heteroatoms. The van der Waals surface area contributed by atoms with Gasteiger partial charge < -0.3 is 10.4 Å². The first-order chi connectivity index (χ1) is 10.6. The number of amides is 1. The van der Waals surface area contributed by atoms with Crippen molar-refractivity contribution in [2.24, 2.45) is 0 Å². The standard InChI is InChI=1S/C17H24N2O3/c1-2-10-19-11-4-3-5-15(19)16(20)18-12-13-6-8-14(9-7-13)17(21)22/h6-9,15H,2-5,10-12H2,1H3,(H,18,20)(H,21,22). The van der Waals surface area contributed by atoms with Gasteiger partial charge in [-0.3, -0.25) is 9.69 Å². The van der Waals surface area contributed by atoms with Gasteiger partial charge in [0.2, 0.25) is 5.91 Å². The Labute approximate surface area is 131 Å². The van der Waals surface area contributed by atoms with Gasteiger partial charge in [0.05, 0.1) is 11.6 Å². The highest BCUT2D eigenvalue weighted by Crippen LogP contribution is 2.17. The van der Waals surface area contributed by atoms with Crippen molar-refractivity contribution in [2.75, 3.05) is 13.1 Å². The van der Waals surface area contributed by atoms with Crippen LogP contribution in [-0.4, -0.2) is 41.0 Å². The molecule has 0 bridgehead atoms. The van der Waals surface area contributed by atoms with E-state index in [0.717, 1.165) is 37.9 Å². The molecule has 2 rings (SSSR count). The summed E-state index contributed by atoms with van der Waals surface area (Å²) in [4.78, 5) is 25.5. The molecule has 22 heavy (non-hydrogen) atoms. The van der Waals surface area contributed by atoms with E-state index in [-0.39, 0.29) is 17.5 Å². The minimum Gasteiger partial charge on any atom is -0.478 e. The number of carbonyl (C=O) groups excluding carboxylic acids is 1. The molecule has 1 amide bonds. The van der Waals surface area contributed by atoms with Crippen molar-refractivity contribution in [3.63, 3.8) is 0 Å². The van der Waals surface area contributed by atoms with Crippen LogP contribution in [0.3, 0.4) is 0 Å². The van der Waals surface area contributed by atoms with Gasteiger partial charge in [-0.2, -0.15) is 0 Å². The summed E-state index contributed by atoms with van der Waals surface area (Å²) < 4.78 is 0. The highest BCUT2D eigenvalue weighted by molar-refractivity contribution is 5.87. The van der Waals surface area contributed by atoms with E-state index >= 15 is 0 Å². The lowest BCUT2D eigenvalue weighted by molar-refractivity contribution is -0.127. The summed E-state index contributed by atoms with van der Waals surface area (Å²) in [7, 11) is 0. The molecule has 2 N–H and O–H groups in total. The van der Waals surface area contributed by atoms with Gasteiger partial charge in [-0.05, 0) is 50.0 Å². The molecule has 120 valence electrons. The fourth-order valence-corrected chi connectivity index (χ4v) is 2.91. The molecule has 1 saturated heterocycles. The minimum atomic E-state index is -0.937. The summed E-state index contributed by atoms with van der Waals surface area (Å²) in [6.07, 6.45) is 4.25. The second-order valence-corrected chi connectivity index (χ2v) is 5.77. The molecule has 5 nitrogen and oxygen atoms in total. The van der Waals surface area contributed by atoms with Gasteiger partial charge in [0, 0.05) is 6.54 Å². The van der Waals surface area contributed by atoms with Gasteiger partial charge in [-0.15, -0.1) is 0 Å². The Morgan fingerprint density at radius 1 is 1.27 bits per heavy atom. The maximum Gasteiger partial charge on any atom is 0.335 e. The predicted octanol–water partition coefficient (Wildman–Crippen LogP) is 2.27. The Hall–Kier alpha value is -1.88. The fraction of sp³-hybridized carbons (Fsp3) is 0.529. The first-order valence-corrected chi connectivity index (χ1v) is 7.96. The molecule has 1 fully saturated rings. The molecule has 0 radical (unpaired) electrons. The zero-order valence-electron chi connectivity index (χ0n) is 13.0. The van der Waals surface area contributed by atoms with Crippen molar-refractivity contribution in [3.8, 4) is 0 Å². The average Bonchev–Trinajstić information content (AvgIpc) is 2.54. The molecule has 1 aromatic rings. The lowest BCUT2D eigenvalue weighted by atomic mass is 10.0. The van der Waals surface area contributed by atoms with Crippen LogP contribution in [0.1, 0.15) is 48.5 Å². The van der Waals surface area contributed by atoms with Gasteiger partial charge in [-0.1, -0.05) is 25.5 Å². The number of likely N-dealkylation sites (tertiary alicyclic amines) is 1. The third-order valence-electron chi connectivity index (χ3n) is 4.09. The van der Waals surface area contributed by atoms with Crippen molar-refractivity contribution >= 4 is 11.9 Å². The summed E-state index contributed by atoms with van der Waals surface area (Å²) in [5.74, 6) is -0.858. The van der Waals surface area contributed by atoms with Gasteiger partial charge in [-0.25, -0.2) is 4.79 Å². The van der Waals surface area contributed by atoms with Crippen LogP contribution in [0.5, 0.6) is 0 Å². The largest absolute Gasteiger partial charge is 0.478 e. The van der Waals surface area contributed by atoms with Crippen molar-refractivity contribution in [1.82, 2.24) is 10.2 Å². The van der Waals surface area contributed by atoms with Gasteiger partial charge in [0.1, 0.15) is 0 Å². The average molecular weight is 304 g/mol. The van der Waals surface area contributed by atoms with Crippen LogP contribution in [0.4, 0.5) is 0 Å². The van der Waals surface area contributed by atoms with Crippen LogP contribution >= 0.6 is 0 Å². The Kier molecular flexibility index (Phi) is 5.95. The van der Waals surface area contributed by atoms with Gasteiger partial charge >= 0.3 is 5.97 Å². The van der Waals surface area contributed by atoms with E-state index in [9.17, 15) is 9.59 Å². The molecule has 1 aromatic carbocycles. The monoisotopic (exact) mass is 304 g/mol. The topological polar surface area (TPSA) is 69.6 Å². The van der Waals surface area contributed by atoms with Gasteiger partial charge in [0.25, 0.3) is 0 Å². The quantitative estimate of drug-likeness (QED) is 0.846. The maximum absolute atomic E-state index is 12.4. The number of benzene rings is 1. The number of hydrogen-bond acceptors (Lipinski definition) is 3. The SMILES string of the molecule is CCCN1CCCCC1C(=O)NCc1ccc(C(=O)O)cc1. The van der Waals surface area contributed by atoms with Crippen LogP contribution in [-0.2, 0) is 11.3 Å². The van der Waals surface area contributed by atoms with E-state index in [1.165, 1.54) is 6.42 Å². The van der Waals surface area contributed by atoms with Crippen LogP contribution in [0.15, 0.2) is 24.3 Å². The zero-order valence-corrected chi connectivity index (χ0v) is 13.0. The minimum absolute atomic E-state index is 0.0213. The molecule has 1 heterocycles. The van der Waals surface area contributed by atoms with Gasteiger partial charge in [0.15, 0.2) is 0 Å². The molecule has 0 saturated carbocycles. The van der Waals surface area contributed by atoms with E-state index in [0.29, 0.717) is 6.54 Å². The third-order valence-corrected chi connectivity index (χ3v) is 4.09. The Bertz CT molecular complexity index is 511. The zero-order chi connectivity index (χ0) is 15.9. The summed E-state index contributed by atoms with van der Waals surface area (Å²) >= 11 is 0. The Morgan fingerprint density at radius 3 is 2.64 bits per heavy atom. The number of carboxylic acids is 1. The van der Waals surface area contributed by atoms with Crippen LogP contribution in [0.25, 0.3) is 0 Å². The van der Waals surface area contributed by atoms with E-state index < -0.39 is 5.97 Å². The lowest BCUT2D eigenvalue weighted by Gasteiger charge is -2.34. The summed E-state index contributed by atoms with van der Waals surface area (Å²) in [5, 5.41) is 11.8. The van der Waals surface area contributed by atoms with E-state index in [1.54, 1.807) is 24.3 Å². The number of carbonyl (C=O) groups is 2. The summed E-state index contributed by atoms with van der Waals surface area (Å²) in [6, 6.07) is 6.59. The maximum atomic E-state index is 12.4. The summed E-state index contributed by atoms with van der Waals surface area (Å²) in [5.41, 5.74) is 1.17. The molecule has 0 spiro atoms. The fourth-order valence-electron chi connectivity index (χ4n) is 2.91. The number of hydrogen-bond donors (Lipinski definition) is 2. The van der Waals surface area contributed by atoms with Crippen molar-refractivity contribution in [3.05, 3.63) is 35.4 Å². The molecular formula is C17H24N2O3. The van der Waals surface area contributed by atoms with Crippen LogP contribution in [0.2, 0.25) is 0 Å². The third kappa shape index (κ3) is 4.31. The highest BCUT2D eigenvalue weighted by Gasteiger charge is 2.27. The van der Waals surface area contributed by atoms with E-state index in [4.69, 9.17) is 5.11 Å². The van der Waals surface area contributed by atoms with Crippen LogP contribution < -0.4 is 5.32 Å². The lowest BCUT2D eigenvalue weighted by Crippen LogP contribution is -2.49. The molecule has 1 aliphatic heterocycles. The number of aromatic carboxylic acids is 1. The second-order valence-electron chi connectivity index (χ2n) is 5.77. The van der Waals surface area contributed by atoms with Crippen LogP contribution in [0, 0.1) is 0 Å². The molecule has 0 aromatic heterocycles. The normalized spacial score (nSPS) is 18.9. The van der Waals surface area contributed by atoms with Crippen molar-refractivity contribution < 1.29 is 14.7 Å². The second kappa shape index (κ2) is 7.94. The highest BCUT2D eigenvalue weighted by atomic mass is 16.4. The number of piperidine rings is 1. The number of carboxylic acid groups (broad SMARTS) is 1. The smallest absolute Gasteiger partial charge is 0.335 e. The summed E-state index contributed by atoms with van der Waals surface area (Å²) in [6.45, 7) is 4.54. The predicted molar refractivity (Wildman–Crippen MR) is 84.8 cm³/mol. The molecule has 1 unspecified atom stereocenters. The first-order valence-electron chi connectivity index (χ1n) is 7.96. The van der Waals surface area contributed by atoms with E-state index in [2.05, 4.69) is 17.1 Å². The number of rotatable bonds is 6. The molecule has 1 aliphatic rings. The number of nitrogens with zero attached hydrogens (tertiary/aromatic N) is 1. The van der Waals surface area contributed by atoms with Crippen molar-refractivity contribution in [1.29, 1.82) is 0 Å². The molecular weight excluding hydrogens is 280 g/mol. The molecule has 0 aliphatic carbocycles. The number of nitrogens with one attached hydrogen (secondary N) is 1. The Morgan fingerprint density at radius 2 is 2.00 bits per heavy atom. The molecule has 1 atom stereocenters.